The first-order valence-electron chi connectivity index (χ1n) is 22.5. The van der Waals surface area contributed by atoms with E-state index in [0.717, 1.165) is 0 Å². The summed E-state index contributed by atoms with van der Waals surface area (Å²) in [6.45, 7) is 19.2. The Hall–Kier alpha value is 1.30. The molecule has 2 aromatic heterocycles. The summed E-state index contributed by atoms with van der Waals surface area (Å²) in [7, 11) is 0. The molecule has 3 rings (SSSR count). The second-order valence-corrected chi connectivity index (χ2v) is 48.2. The minimum atomic E-state index is -2.71. The molecule has 0 radical (unpaired) electrons. The van der Waals surface area contributed by atoms with Gasteiger partial charge in [0.1, 0.15) is 0 Å². The van der Waals surface area contributed by atoms with Crippen LogP contribution in [0.2, 0.25) is 26.6 Å². The number of hydrogen-bond donors (Lipinski definition) is 0. The molecule has 52 heavy (non-hydrogen) atoms. The van der Waals surface area contributed by atoms with E-state index in [4.69, 9.17) is 9.97 Å². The summed E-state index contributed by atoms with van der Waals surface area (Å²) in [6.07, 6.45) is 27.0. The van der Waals surface area contributed by atoms with Gasteiger partial charge in [0.15, 0.2) is 0 Å². The van der Waals surface area contributed by atoms with Crippen LogP contribution in [0.1, 0.15) is 184 Å². The Labute approximate surface area is 347 Å². The molecule has 1 aromatic carbocycles. The van der Waals surface area contributed by atoms with Crippen LogP contribution < -0.4 is 6.05 Å². The number of hydrogen-bond acceptors (Lipinski definition) is 6. The van der Waals surface area contributed by atoms with Crippen molar-refractivity contribution in [1.82, 2.24) is 9.97 Å². The third-order valence-electron chi connectivity index (χ3n) is 11.5. The Bertz CT molecular complexity index is 1190. The molecule has 0 aliphatic heterocycles. The van der Waals surface area contributed by atoms with Crippen LogP contribution in [0.15, 0.2) is 9.79 Å². The van der Waals surface area contributed by atoms with Gasteiger partial charge < -0.3 is 0 Å². The zero-order valence-corrected chi connectivity index (χ0v) is 44.3. The van der Waals surface area contributed by atoms with Crippen LogP contribution >= 0.6 is 46.2 Å². The third-order valence-corrected chi connectivity index (χ3v) is 51.8. The maximum absolute atomic E-state index is 6.02. The number of benzene rings is 1. The monoisotopic (exact) mass is 1000 g/mol. The Morgan fingerprint density at radius 2 is 0.673 bits per heavy atom. The van der Waals surface area contributed by atoms with E-state index in [1.165, 1.54) is 178 Å². The van der Waals surface area contributed by atoms with E-state index in [0.29, 0.717) is 0 Å². The fraction of sp³-hybridized carbons (Fsp3) is 0.818. The molecule has 0 bridgehead atoms. The van der Waals surface area contributed by atoms with Crippen molar-refractivity contribution in [1.29, 1.82) is 0 Å². The van der Waals surface area contributed by atoms with E-state index in [1.807, 2.05) is 0 Å². The van der Waals surface area contributed by atoms with E-state index >= 15 is 0 Å². The molecule has 0 aliphatic rings. The zero-order valence-electron chi connectivity index (χ0n) is 35.3. The van der Waals surface area contributed by atoms with Crippen molar-refractivity contribution >= 4 is 109 Å². The summed E-state index contributed by atoms with van der Waals surface area (Å²) in [4.78, 5) is 15.1. The molecule has 0 spiro atoms. The minimum absolute atomic E-state index is 1.22. The van der Waals surface area contributed by atoms with Gasteiger partial charge in [-0.1, -0.05) is 0 Å². The van der Waals surface area contributed by atoms with Crippen LogP contribution in [0.3, 0.4) is 0 Å². The molecule has 2 nitrogen and oxygen atoms in total. The van der Waals surface area contributed by atoms with Crippen LogP contribution in [-0.4, -0.2) is 58.2 Å². The first-order valence-corrected chi connectivity index (χ1v) is 41.0. The van der Waals surface area contributed by atoms with Crippen molar-refractivity contribution in [3.8, 4) is 0 Å². The van der Waals surface area contributed by atoms with Gasteiger partial charge in [0.2, 0.25) is 0 Å². The molecule has 0 fully saturated rings. The summed E-state index contributed by atoms with van der Waals surface area (Å²) < 4.78 is 15.5. The molecule has 3 aromatic rings. The Morgan fingerprint density at radius 3 is 0.942 bits per heavy atom. The SMILES string of the molecule is CCCCCCSc1c2n[c]([Sn]([CH2]CCC)([CH2]CCC)[CH2]CCC)sc2c(SCCCCCC)c2n[c]([Sn]([CH2]CCC)([CH2]CCC)[CH2]CCC)sc12. The van der Waals surface area contributed by atoms with Gasteiger partial charge in [0.05, 0.1) is 0 Å². The van der Waals surface area contributed by atoms with Gasteiger partial charge in [-0.05, 0) is 0 Å². The van der Waals surface area contributed by atoms with E-state index in [9.17, 15) is 0 Å². The average molecular weight is 1000 g/mol. The van der Waals surface area contributed by atoms with E-state index in [1.54, 1.807) is 25.2 Å². The zero-order chi connectivity index (χ0) is 37.7. The van der Waals surface area contributed by atoms with Crippen LogP contribution in [0.25, 0.3) is 20.4 Å². The summed E-state index contributed by atoms with van der Waals surface area (Å²) >= 11 is 3.37. The third kappa shape index (κ3) is 13.7. The van der Waals surface area contributed by atoms with Crippen LogP contribution in [-0.2, 0) is 0 Å². The first-order chi connectivity index (χ1) is 25.4. The van der Waals surface area contributed by atoms with Crippen LogP contribution in [0.5, 0.6) is 0 Å². The molecule has 8 heteroatoms. The second kappa shape index (κ2) is 27.1. The van der Waals surface area contributed by atoms with Crippen LogP contribution in [0, 0.1) is 0 Å². The Morgan fingerprint density at radius 1 is 0.385 bits per heavy atom. The summed E-state index contributed by atoms with van der Waals surface area (Å²) in [5.74, 6) is 2.44. The van der Waals surface area contributed by atoms with Gasteiger partial charge in [-0.15, -0.1) is 0 Å². The van der Waals surface area contributed by atoms with Crippen molar-refractivity contribution < 1.29 is 0 Å². The molecule has 0 aliphatic carbocycles. The standard InChI is InChI=1S/C20H26N2S4.6C4H9.2Sn/c1-3-5-7-9-11-23-17-15-20(26-13-21-15)18(16-19(17)25-14-22-16)24-12-10-8-6-4-2;6*1-3-4-2;;/h3-12H2,1-2H3;6*1,3-4H2,2H3;;. The van der Waals surface area contributed by atoms with Gasteiger partial charge in [0.25, 0.3) is 0 Å². The van der Waals surface area contributed by atoms with E-state index in [2.05, 4.69) is 102 Å². The second-order valence-electron chi connectivity index (χ2n) is 16.1. The number of aromatic nitrogens is 2. The Kier molecular flexibility index (Phi) is 24.8. The summed E-state index contributed by atoms with van der Waals surface area (Å²) in [5.41, 5.74) is 2.84. The number of thiazole rings is 2. The fourth-order valence-electron chi connectivity index (χ4n) is 8.08. The topological polar surface area (TPSA) is 25.8 Å². The van der Waals surface area contributed by atoms with E-state index in [-0.39, 0.29) is 0 Å². The maximum atomic E-state index is 6.02. The predicted octanol–water partition coefficient (Wildman–Crippen LogP) is 16.4. The van der Waals surface area contributed by atoms with Gasteiger partial charge in [-0.3, -0.25) is 0 Å². The number of unbranched alkanes of at least 4 members (excludes halogenated alkanes) is 12. The van der Waals surface area contributed by atoms with Gasteiger partial charge in [-0.2, -0.15) is 0 Å². The van der Waals surface area contributed by atoms with Gasteiger partial charge in [0, 0.05) is 0 Å². The van der Waals surface area contributed by atoms with Crippen molar-refractivity contribution in [3.63, 3.8) is 0 Å². The van der Waals surface area contributed by atoms with Crippen molar-refractivity contribution in [2.45, 2.75) is 220 Å². The van der Waals surface area contributed by atoms with Gasteiger partial charge in [-0.25, -0.2) is 0 Å². The number of fused-ring (bicyclic) bond motifs is 2. The average Bonchev–Trinajstić information content (AvgIpc) is 3.81. The normalized spacial score (nSPS) is 12.6. The molecular weight excluding hydrogens is 922 g/mol. The number of rotatable bonds is 32. The first kappa shape index (κ1) is 47.7. The molecule has 0 saturated carbocycles. The quantitative estimate of drug-likeness (QED) is 0.0354. The number of nitrogens with zero attached hydrogens (tertiary/aromatic N) is 2. The molecule has 0 atom stereocenters. The van der Waals surface area contributed by atoms with E-state index < -0.39 is 36.8 Å². The van der Waals surface area contributed by atoms with Crippen molar-refractivity contribution in [2.75, 3.05) is 11.5 Å². The molecular formula is C44H80N2S4Sn2. The molecule has 2 heterocycles. The molecule has 0 amide bonds. The predicted molar refractivity (Wildman–Crippen MR) is 252 cm³/mol. The fourth-order valence-corrected chi connectivity index (χ4v) is 50.0. The van der Waals surface area contributed by atoms with Crippen molar-refractivity contribution in [2.24, 2.45) is 0 Å². The molecule has 0 unspecified atom stereocenters. The number of thioether (sulfide) groups is 2. The van der Waals surface area contributed by atoms with Crippen LogP contribution in [0.4, 0.5) is 0 Å². The molecule has 0 N–H and O–H groups in total. The molecule has 0 saturated heterocycles. The molecule has 298 valence electrons. The summed E-state index contributed by atoms with van der Waals surface area (Å²) in [5, 5.41) is 0. The van der Waals surface area contributed by atoms with Gasteiger partial charge >= 0.3 is 351 Å². The van der Waals surface area contributed by atoms with Crippen molar-refractivity contribution in [3.05, 3.63) is 0 Å². The summed E-state index contributed by atoms with van der Waals surface area (Å²) in [6, 6.07) is 0. The Balaban J connectivity index is 2.38.